The van der Waals surface area contributed by atoms with E-state index in [0.717, 1.165) is 13.1 Å². The lowest BCUT2D eigenvalue weighted by molar-refractivity contribution is -0.121. The van der Waals surface area contributed by atoms with Gasteiger partial charge in [-0.25, -0.2) is 0 Å². The van der Waals surface area contributed by atoms with E-state index >= 15 is 0 Å². The molecule has 1 aliphatic heterocycles. The fourth-order valence-corrected chi connectivity index (χ4v) is 2.78. The first-order valence-electron chi connectivity index (χ1n) is 6.77. The van der Waals surface area contributed by atoms with Crippen molar-refractivity contribution in [2.75, 3.05) is 20.1 Å². The predicted molar refractivity (Wildman–Crippen MR) is 73.5 cm³/mol. The fourth-order valence-electron chi connectivity index (χ4n) is 2.78. The molecule has 1 saturated heterocycles. The van der Waals surface area contributed by atoms with Gasteiger partial charge in [-0.05, 0) is 43.3 Å². The first-order chi connectivity index (χ1) is 8.81. The van der Waals surface area contributed by atoms with Crippen LogP contribution in [0.3, 0.4) is 0 Å². The summed E-state index contributed by atoms with van der Waals surface area (Å²) in [5, 5.41) is 6.19. The molecule has 1 fully saturated rings. The van der Waals surface area contributed by atoms with Crippen LogP contribution in [0.25, 0.3) is 0 Å². The minimum absolute atomic E-state index is 0.134. The highest BCUT2D eigenvalue weighted by atomic mass is 16.1. The van der Waals surface area contributed by atoms with Crippen molar-refractivity contribution in [2.45, 2.75) is 25.2 Å². The summed E-state index contributed by atoms with van der Waals surface area (Å²) in [6.07, 6.45) is 3.01. The van der Waals surface area contributed by atoms with Gasteiger partial charge in [0.05, 0.1) is 0 Å². The van der Waals surface area contributed by atoms with E-state index < -0.39 is 0 Å². The van der Waals surface area contributed by atoms with Gasteiger partial charge in [-0.15, -0.1) is 0 Å². The zero-order valence-corrected chi connectivity index (χ0v) is 11.0. The second-order valence-corrected chi connectivity index (χ2v) is 5.00. The van der Waals surface area contributed by atoms with Crippen LogP contribution in [-0.4, -0.2) is 26.0 Å². The third-order valence-electron chi connectivity index (χ3n) is 3.82. The SMILES string of the molecule is CNC(=O)C[C@@H](c1ccccc1)[C@H]1CCCNC1. The van der Waals surface area contributed by atoms with Crippen LogP contribution in [0.5, 0.6) is 0 Å². The van der Waals surface area contributed by atoms with E-state index in [1.54, 1.807) is 7.05 Å². The quantitative estimate of drug-likeness (QED) is 0.852. The number of hydrogen-bond donors (Lipinski definition) is 2. The molecule has 1 aromatic carbocycles. The number of carbonyl (C=O) groups is 1. The van der Waals surface area contributed by atoms with Gasteiger partial charge in [0.25, 0.3) is 0 Å². The normalized spacial score (nSPS) is 21.3. The van der Waals surface area contributed by atoms with E-state index in [9.17, 15) is 4.79 Å². The molecule has 0 saturated carbocycles. The first-order valence-corrected chi connectivity index (χ1v) is 6.77. The molecule has 18 heavy (non-hydrogen) atoms. The summed E-state index contributed by atoms with van der Waals surface area (Å²) >= 11 is 0. The largest absolute Gasteiger partial charge is 0.359 e. The number of amides is 1. The molecule has 0 unspecified atom stereocenters. The number of nitrogens with one attached hydrogen (secondary N) is 2. The lowest BCUT2D eigenvalue weighted by Gasteiger charge is -2.30. The van der Waals surface area contributed by atoms with Crippen molar-refractivity contribution in [3.8, 4) is 0 Å². The number of rotatable bonds is 4. The van der Waals surface area contributed by atoms with Crippen molar-refractivity contribution < 1.29 is 4.79 Å². The highest BCUT2D eigenvalue weighted by Crippen LogP contribution is 2.32. The van der Waals surface area contributed by atoms with Gasteiger partial charge in [0.1, 0.15) is 0 Å². The summed E-state index contributed by atoms with van der Waals surface area (Å²) in [5.74, 6) is 1.03. The van der Waals surface area contributed by atoms with Crippen LogP contribution in [0.4, 0.5) is 0 Å². The molecular formula is C15H22N2O. The maximum absolute atomic E-state index is 11.7. The van der Waals surface area contributed by atoms with Crippen LogP contribution >= 0.6 is 0 Å². The Bertz CT molecular complexity index is 371. The highest BCUT2D eigenvalue weighted by Gasteiger charge is 2.26. The summed E-state index contributed by atoms with van der Waals surface area (Å²) in [4.78, 5) is 11.7. The summed E-state index contributed by atoms with van der Waals surface area (Å²) in [7, 11) is 1.71. The van der Waals surface area contributed by atoms with Gasteiger partial charge in [-0.1, -0.05) is 30.3 Å². The minimum Gasteiger partial charge on any atom is -0.359 e. The Morgan fingerprint density at radius 1 is 1.44 bits per heavy atom. The Hall–Kier alpha value is -1.35. The Balaban J connectivity index is 2.14. The van der Waals surface area contributed by atoms with E-state index in [0.29, 0.717) is 18.3 Å². The molecule has 0 bridgehead atoms. The molecule has 2 N–H and O–H groups in total. The van der Waals surface area contributed by atoms with Crippen molar-refractivity contribution in [1.82, 2.24) is 10.6 Å². The monoisotopic (exact) mass is 246 g/mol. The Morgan fingerprint density at radius 2 is 2.22 bits per heavy atom. The lowest BCUT2D eigenvalue weighted by Crippen LogP contribution is -2.35. The minimum atomic E-state index is 0.134. The second kappa shape index (κ2) is 6.55. The van der Waals surface area contributed by atoms with E-state index in [1.807, 2.05) is 6.07 Å². The topological polar surface area (TPSA) is 41.1 Å². The highest BCUT2D eigenvalue weighted by molar-refractivity contribution is 5.76. The zero-order valence-electron chi connectivity index (χ0n) is 11.0. The second-order valence-electron chi connectivity index (χ2n) is 5.00. The first kappa shape index (κ1) is 13.1. The van der Waals surface area contributed by atoms with Gasteiger partial charge >= 0.3 is 0 Å². The zero-order chi connectivity index (χ0) is 12.8. The maximum Gasteiger partial charge on any atom is 0.220 e. The van der Waals surface area contributed by atoms with Gasteiger partial charge in [0, 0.05) is 13.5 Å². The summed E-state index contributed by atoms with van der Waals surface area (Å²) in [5.41, 5.74) is 1.29. The Kier molecular flexibility index (Phi) is 4.76. The van der Waals surface area contributed by atoms with Crippen LogP contribution in [0.2, 0.25) is 0 Å². The molecular weight excluding hydrogens is 224 g/mol. The van der Waals surface area contributed by atoms with Gasteiger partial charge < -0.3 is 10.6 Å². The molecule has 0 spiro atoms. The predicted octanol–water partition coefficient (Wildman–Crippen LogP) is 1.91. The van der Waals surface area contributed by atoms with Crippen molar-refractivity contribution in [2.24, 2.45) is 5.92 Å². The third kappa shape index (κ3) is 3.33. The van der Waals surface area contributed by atoms with Crippen LogP contribution in [-0.2, 0) is 4.79 Å². The summed E-state index contributed by atoms with van der Waals surface area (Å²) in [6.45, 7) is 2.13. The van der Waals surface area contributed by atoms with E-state index in [1.165, 1.54) is 18.4 Å². The number of carbonyl (C=O) groups excluding carboxylic acids is 1. The molecule has 1 amide bonds. The maximum atomic E-state index is 11.7. The Morgan fingerprint density at radius 3 is 2.83 bits per heavy atom. The van der Waals surface area contributed by atoms with Crippen molar-refractivity contribution in [3.05, 3.63) is 35.9 Å². The molecule has 2 atom stereocenters. The van der Waals surface area contributed by atoms with E-state index in [-0.39, 0.29) is 5.91 Å². The van der Waals surface area contributed by atoms with Crippen LogP contribution in [0.15, 0.2) is 30.3 Å². The average Bonchev–Trinajstić information content (AvgIpc) is 2.46. The molecule has 1 heterocycles. The molecule has 0 radical (unpaired) electrons. The van der Waals surface area contributed by atoms with Crippen LogP contribution < -0.4 is 10.6 Å². The van der Waals surface area contributed by atoms with Gasteiger partial charge in [0.15, 0.2) is 0 Å². The molecule has 1 aromatic rings. The summed E-state index contributed by atoms with van der Waals surface area (Å²) in [6, 6.07) is 10.4. The standard InChI is InChI=1S/C15H22N2O/c1-16-15(18)10-14(12-6-3-2-4-7-12)13-8-5-9-17-11-13/h2-4,6-7,13-14,17H,5,8-11H2,1H3,(H,16,18)/t13-,14-/m0/s1. The number of piperidine rings is 1. The lowest BCUT2D eigenvalue weighted by atomic mass is 9.79. The molecule has 2 rings (SSSR count). The smallest absolute Gasteiger partial charge is 0.220 e. The van der Waals surface area contributed by atoms with Gasteiger partial charge in [-0.3, -0.25) is 4.79 Å². The fraction of sp³-hybridized carbons (Fsp3) is 0.533. The van der Waals surface area contributed by atoms with E-state index in [4.69, 9.17) is 0 Å². The van der Waals surface area contributed by atoms with Crippen molar-refractivity contribution >= 4 is 5.91 Å². The van der Waals surface area contributed by atoms with Crippen molar-refractivity contribution in [1.29, 1.82) is 0 Å². The van der Waals surface area contributed by atoms with E-state index in [2.05, 4.69) is 34.9 Å². The molecule has 3 nitrogen and oxygen atoms in total. The number of benzene rings is 1. The molecule has 0 aliphatic carbocycles. The third-order valence-corrected chi connectivity index (χ3v) is 3.82. The van der Waals surface area contributed by atoms with Crippen LogP contribution in [0.1, 0.15) is 30.7 Å². The molecule has 1 aliphatic rings. The number of hydrogen-bond acceptors (Lipinski definition) is 2. The summed E-state index contributed by atoms with van der Waals surface area (Å²) < 4.78 is 0. The van der Waals surface area contributed by atoms with Crippen molar-refractivity contribution in [3.63, 3.8) is 0 Å². The Labute approximate surface area is 109 Å². The van der Waals surface area contributed by atoms with Gasteiger partial charge in [-0.2, -0.15) is 0 Å². The van der Waals surface area contributed by atoms with Gasteiger partial charge in [0.2, 0.25) is 5.91 Å². The molecule has 98 valence electrons. The van der Waals surface area contributed by atoms with Crippen LogP contribution in [0, 0.1) is 5.92 Å². The molecule has 3 heteroatoms. The average molecular weight is 246 g/mol. The molecule has 0 aromatic heterocycles.